The van der Waals surface area contributed by atoms with Gasteiger partial charge in [0.2, 0.25) is 0 Å². The van der Waals surface area contributed by atoms with Crippen LogP contribution in [0, 0.1) is 5.92 Å². The molecule has 2 heterocycles. The van der Waals surface area contributed by atoms with Crippen molar-refractivity contribution in [1.82, 2.24) is 9.47 Å². The number of aromatic nitrogens is 1. The van der Waals surface area contributed by atoms with E-state index in [9.17, 15) is 27.9 Å². The third-order valence-corrected chi connectivity index (χ3v) is 4.93. The number of halogens is 3. The summed E-state index contributed by atoms with van der Waals surface area (Å²) in [4.78, 5) is 26.0. The molecule has 0 amide bonds. The minimum absolute atomic E-state index is 0.0166. The van der Waals surface area contributed by atoms with Crippen LogP contribution in [0.3, 0.4) is 0 Å². The molecule has 1 fully saturated rings. The molecule has 0 saturated carbocycles. The zero-order chi connectivity index (χ0) is 20.2. The zero-order valence-electron chi connectivity index (χ0n) is 15.8. The lowest BCUT2D eigenvalue weighted by atomic mass is 10.0. The van der Waals surface area contributed by atoms with E-state index in [1.54, 1.807) is 0 Å². The topological polar surface area (TPSA) is 62.5 Å². The minimum Gasteiger partial charge on any atom is -0.480 e. The average Bonchev–Trinajstić information content (AvgIpc) is 2.58. The molecule has 1 aliphatic heterocycles. The molecule has 1 aromatic rings. The summed E-state index contributed by atoms with van der Waals surface area (Å²) in [6, 6.07) is -0.629. The van der Waals surface area contributed by atoms with Crippen LogP contribution in [0.5, 0.6) is 0 Å². The van der Waals surface area contributed by atoms with Crippen molar-refractivity contribution >= 4 is 5.97 Å². The van der Waals surface area contributed by atoms with Gasteiger partial charge < -0.3 is 14.6 Å². The number of carboxylic acid groups (broad SMARTS) is 1. The largest absolute Gasteiger partial charge is 0.480 e. The van der Waals surface area contributed by atoms with Gasteiger partial charge in [-0.15, -0.1) is 0 Å². The third kappa shape index (κ3) is 5.82. The Morgan fingerprint density at radius 2 is 1.85 bits per heavy atom. The first-order valence-electron chi connectivity index (χ1n) is 9.37. The molecule has 27 heavy (non-hydrogen) atoms. The number of carbonyl (C=O) groups is 1. The van der Waals surface area contributed by atoms with Crippen molar-refractivity contribution in [3.8, 4) is 0 Å². The van der Waals surface area contributed by atoms with Gasteiger partial charge in [-0.25, -0.2) is 4.79 Å². The van der Waals surface area contributed by atoms with Crippen molar-refractivity contribution in [2.45, 2.75) is 58.2 Å². The summed E-state index contributed by atoms with van der Waals surface area (Å²) < 4.78 is 41.2. The van der Waals surface area contributed by atoms with Gasteiger partial charge in [0.15, 0.2) is 0 Å². The number of alkyl halides is 3. The summed E-state index contributed by atoms with van der Waals surface area (Å²) in [6.45, 7) is 5.78. The highest BCUT2D eigenvalue weighted by atomic mass is 19.4. The zero-order valence-corrected chi connectivity index (χ0v) is 15.8. The molecule has 0 radical (unpaired) electrons. The lowest BCUT2D eigenvalue weighted by Crippen LogP contribution is -2.34. The molecule has 0 aliphatic carbocycles. The van der Waals surface area contributed by atoms with Gasteiger partial charge in [0.25, 0.3) is 5.56 Å². The molecule has 5 nitrogen and oxygen atoms in total. The van der Waals surface area contributed by atoms with Crippen LogP contribution in [-0.4, -0.2) is 40.2 Å². The predicted molar refractivity (Wildman–Crippen MR) is 95.8 cm³/mol. The molecule has 1 aliphatic rings. The van der Waals surface area contributed by atoms with E-state index in [2.05, 4.69) is 4.90 Å². The van der Waals surface area contributed by atoms with E-state index in [-0.39, 0.29) is 24.3 Å². The second-order valence-electron chi connectivity index (χ2n) is 7.59. The van der Waals surface area contributed by atoms with Crippen molar-refractivity contribution < 1.29 is 23.1 Å². The van der Waals surface area contributed by atoms with E-state index in [4.69, 9.17) is 0 Å². The van der Waals surface area contributed by atoms with Gasteiger partial charge >= 0.3 is 12.1 Å². The number of likely N-dealkylation sites (tertiary alicyclic amines) is 1. The van der Waals surface area contributed by atoms with Crippen molar-refractivity contribution in [3.63, 3.8) is 0 Å². The van der Waals surface area contributed by atoms with E-state index in [1.807, 2.05) is 13.8 Å². The van der Waals surface area contributed by atoms with Gasteiger partial charge in [0.1, 0.15) is 6.04 Å². The lowest BCUT2D eigenvalue weighted by Gasteiger charge is -2.27. The maximum atomic E-state index is 13.4. The van der Waals surface area contributed by atoms with Crippen molar-refractivity contribution in [2.75, 3.05) is 19.6 Å². The fourth-order valence-electron chi connectivity index (χ4n) is 3.54. The standard InChI is InChI=1S/C19H27F3N2O3/c1-13(2)10-16(18(26)27)24-12-14(6-9-23-7-4-3-5-8-23)15(11-17(24)25)19(20,21)22/h11-13,16H,3-10H2,1-2H3,(H,26,27). The third-order valence-electron chi connectivity index (χ3n) is 4.93. The monoisotopic (exact) mass is 388 g/mol. The van der Waals surface area contributed by atoms with Crippen LogP contribution >= 0.6 is 0 Å². The van der Waals surface area contributed by atoms with Gasteiger partial charge in [0.05, 0.1) is 5.56 Å². The average molecular weight is 388 g/mol. The van der Waals surface area contributed by atoms with E-state index < -0.39 is 29.3 Å². The van der Waals surface area contributed by atoms with Gasteiger partial charge in [-0.1, -0.05) is 20.3 Å². The molecule has 2 rings (SSSR count). The number of hydrogen-bond donors (Lipinski definition) is 1. The van der Waals surface area contributed by atoms with Crippen LogP contribution in [0.1, 0.15) is 56.7 Å². The number of nitrogens with zero attached hydrogens (tertiary/aromatic N) is 2. The second kappa shape index (κ2) is 8.91. The minimum atomic E-state index is -4.65. The van der Waals surface area contributed by atoms with Crippen LogP contribution < -0.4 is 5.56 Å². The first-order valence-corrected chi connectivity index (χ1v) is 9.37. The molecule has 1 N–H and O–H groups in total. The predicted octanol–water partition coefficient (Wildman–Crippen LogP) is 3.57. The summed E-state index contributed by atoms with van der Waals surface area (Å²) in [5.74, 6) is -1.23. The number of piperidine rings is 1. The Morgan fingerprint density at radius 1 is 1.22 bits per heavy atom. The van der Waals surface area contributed by atoms with Crippen molar-refractivity contribution in [1.29, 1.82) is 0 Å². The quantitative estimate of drug-likeness (QED) is 0.776. The Labute approximate surface area is 156 Å². The molecular weight excluding hydrogens is 361 g/mol. The molecule has 1 aromatic heterocycles. The summed E-state index contributed by atoms with van der Waals surface area (Å²) in [7, 11) is 0. The highest BCUT2D eigenvalue weighted by Crippen LogP contribution is 2.32. The fourth-order valence-corrected chi connectivity index (χ4v) is 3.54. The summed E-state index contributed by atoms with van der Waals surface area (Å²) >= 11 is 0. The molecule has 1 atom stereocenters. The Bertz CT molecular complexity index is 707. The first-order chi connectivity index (χ1) is 12.6. The molecule has 0 bridgehead atoms. The Morgan fingerprint density at radius 3 is 2.37 bits per heavy atom. The number of pyridine rings is 1. The van der Waals surface area contributed by atoms with E-state index >= 15 is 0 Å². The fraction of sp³-hybridized carbons (Fsp3) is 0.684. The number of rotatable bonds is 7. The molecule has 1 unspecified atom stereocenters. The van der Waals surface area contributed by atoms with Crippen LogP contribution in [-0.2, 0) is 17.4 Å². The lowest BCUT2D eigenvalue weighted by molar-refractivity contribution is -0.141. The molecule has 8 heteroatoms. The van der Waals surface area contributed by atoms with Gasteiger partial charge in [-0.3, -0.25) is 4.79 Å². The van der Waals surface area contributed by atoms with Gasteiger partial charge in [0, 0.05) is 18.8 Å². The highest BCUT2D eigenvalue weighted by Gasteiger charge is 2.35. The maximum Gasteiger partial charge on any atom is 0.416 e. The normalized spacial score (nSPS) is 17.3. The number of hydrogen-bond acceptors (Lipinski definition) is 3. The highest BCUT2D eigenvalue weighted by molar-refractivity contribution is 5.71. The molecular formula is C19H27F3N2O3. The summed E-state index contributed by atoms with van der Waals surface area (Å²) in [6.07, 6.45) is -0.0509. The Hall–Kier alpha value is -1.83. The van der Waals surface area contributed by atoms with Gasteiger partial charge in [-0.2, -0.15) is 13.2 Å². The van der Waals surface area contributed by atoms with Crippen molar-refractivity contribution in [2.24, 2.45) is 5.92 Å². The maximum absolute atomic E-state index is 13.4. The van der Waals surface area contributed by atoms with Crippen LogP contribution in [0.25, 0.3) is 0 Å². The molecule has 1 saturated heterocycles. The number of carboxylic acids is 1. The van der Waals surface area contributed by atoms with Crippen LogP contribution in [0.2, 0.25) is 0 Å². The van der Waals surface area contributed by atoms with E-state index in [0.717, 1.165) is 43.1 Å². The second-order valence-corrected chi connectivity index (χ2v) is 7.59. The first kappa shape index (κ1) is 21.5. The SMILES string of the molecule is CC(C)CC(C(=O)O)n1cc(CCN2CCCCC2)c(C(F)(F)F)cc1=O. The van der Waals surface area contributed by atoms with Crippen molar-refractivity contribution in [3.05, 3.63) is 33.7 Å². The van der Waals surface area contributed by atoms with E-state index in [0.29, 0.717) is 12.6 Å². The van der Waals surface area contributed by atoms with Crippen LogP contribution in [0.15, 0.2) is 17.1 Å². The molecule has 152 valence electrons. The van der Waals surface area contributed by atoms with Gasteiger partial charge in [-0.05, 0) is 50.3 Å². The molecule has 0 spiro atoms. The van der Waals surface area contributed by atoms with E-state index in [1.165, 1.54) is 0 Å². The summed E-state index contributed by atoms with van der Waals surface area (Å²) in [5, 5.41) is 9.46. The molecule has 0 aromatic carbocycles. The smallest absolute Gasteiger partial charge is 0.416 e. The Balaban J connectivity index is 2.38. The summed E-state index contributed by atoms with van der Waals surface area (Å²) in [5.41, 5.74) is -1.92. The Kier molecular flexibility index (Phi) is 7.08. The number of aliphatic carboxylic acids is 1. The van der Waals surface area contributed by atoms with Crippen LogP contribution in [0.4, 0.5) is 13.2 Å².